The van der Waals surface area contributed by atoms with Crippen molar-refractivity contribution in [2.24, 2.45) is 0 Å². The van der Waals surface area contributed by atoms with Gasteiger partial charge in [-0.15, -0.1) is 0 Å². The van der Waals surface area contributed by atoms with Crippen LogP contribution < -0.4 is 9.64 Å². The molecule has 3 rings (SSSR count). The quantitative estimate of drug-likeness (QED) is 0.618. The Balaban J connectivity index is 1.70. The number of aromatic nitrogens is 2. The van der Waals surface area contributed by atoms with Crippen LogP contribution in [0.1, 0.15) is 16.2 Å². The number of para-hydroxylation sites is 2. The first-order valence-electron chi connectivity index (χ1n) is 8.19. The number of amides is 1. The van der Waals surface area contributed by atoms with E-state index in [2.05, 4.69) is 20.9 Å². The van der Waals surface area contributed by atoms with Gasteiger partial charge in [0.05, 0.1) is 12.8 Å². The molecule has 1 saturated heterocycles. The van der Waals surface area contributed by atoms with Gasteiger partial charge in [-0.1, -0.05) is 23.9 Å². The minimum atomic E-state index is -0.0273. The van der Waals surface area contributed by atoms with Crippen molar-refractivity contribution >= 4 is 23.4 Å². The number of thioether (sulfide) groups is 1. The molecule has 1 aromatic carbocycles. The average Bonchev–Trinajstić information content (AvgIpc) is 2.67. The molecular weight excluding hydrogens is 336 g/mol. The first kappa shape index (κ1) is 17.5. The molecule has 1 aromatic heterocycles. The second kappa shape index (κ2) is 7.74. The van der Waals surface area contributed by atoms with E-state index in [4.69, 9.17) is 4.74 Å². The summed E-state index contributed by atoms with van der Waals surface area (Å²) in [4.78, 5) is 25.5. The molecule has 6 nitrogen and oxygen atoms in total. The molecule has 7 heteroatoms. The van der Waals surface area contributed by atoms with E-state index in [0.717, 1.165) is 30.2 Å². The lowest BCUT2D eigenvalue weighted by Gasteiger charge is -2.36. The van der Waals surface area contributed by atoms with Gasteiger partial charge >= 0.3 is 0 Å². The maximum absolute atomic E-state index is 12.8. The molecule has 0 bridgehead atoms. The van der Waals surface area contributed by atoms with Crippen LogP contribution in [0.15, 0.2) is 35.5 Å². The fourth-order valence-electron chi connectivity index (χ4n) is 2.95. The van der Waals surface area contributed by atoms with Gasteiger partial charge in [-0.2, -0.15) is 0 Å². The molecule has 0 spiro atoms. The fourth-order valence-corrected chi connectivity index (χ4v) is 3.37. The molecule has 1 fully saturated rings. The van der Waals surface area contributed by atoms with Crippen molar-refractivity contribution in [3.8, 4) is 5.75 Å². The van der Waals surface area contributed by atoms with Crippen LogP contribution in [0.5, 0.6) is 5.75 Å². The number of piperazine rings is 1. The van der Waals surface area contributed by atoms with Crippen molar-refractivity contribution in [2.75, 3.05) is 44.4 Å². The highest BCUT2D eigenvalue weighted by atomic mass is 32.2. The van der Waals surface area contributed by atoms with Crippen molar-refractivity contribution in [3.05, 3.63) is 41.7 Å². The highest BCUT2D eigenvalue weighted by Gasteiger charge is 2.25. The number of benzene rings is 1. The van der Waals surface area contributed by atoms with Crippen LogP contribution in [0, 0.1) is 6.92 Å². The molecule has 0 atom stereocenters. The van der Waals surface area contributed by atoms with Gasteiger partial charge in [0.2, 0.25) is 0 Å². The van der Waals surface area contributed by atoms with Crippen molar-refractivity contribution < 1.29 is 9.53 Å². The number of nitrogens with zero attached hydrogens (tertiary/aromatic N) is 4. The summed E-state index contributed by atoms with van der Waals surface area (Å²) in [5.41, 5.74) is 2.36. The summed E-state index contributed by atoms with van der Waals surface area (Å²) in [7, 11) is 1.68. The van der Waals surface area contributed by atoms with Crippen LogP contribution >= 0.6 is 11.8 Å². The topological polar surface area (TPSA) is 58.6 Å². The Morgan fingerprint density at radius 2 is 1.88 bits per heavy atom. The summed E-state index contributed by atoms with van der Waals surface area (Å²) in [6.07, 6.45) is 1.91. The molecule has 0 unspecified atom stereocenters. The van der Waals surface area contributed by atoms with Gasteiger partial charge in [0.1, 0.15) is 11.4 Å². The first-order chi connectivity index (χ1) is 12.1. The van der Waals surface area contributed by atoms with Crippen molar-refractivity contribution in [1.29, 1.82) is 0 Å². The molecule has 1 aliphatic rings. The van der Waals surface area contributed by atoms with Gasteiger partial charge < -0.3 is 14.5 Å². The zero-order chi connectivity index (χ0) is 17.8. The molecule has 1 amide bonds. The number of hydrogen-bond donors (Lipinski definition) is 0. The largest absolute Gasteiger partial charge is 0.495 e. The van der Waals surface area contributed by atoms with E-state index in [9.17, 15) is 4.79 Å². The molecule has 2 aromatic rings. The Kier molecular flexibility index (Phi) is 5.43. The van der Waals surface area contributed by atoms with E-state index < -0.39 is 0 Å². The molecule has 1 aliphatic heterocycles. The number of carbonyl (C=O) groups excluding carboxylic acids is 1. The lowest BCUT2D eigenvalue weighted by atomic mass is 10.2. The minimum absolute atomic E-state index is 0.0273. The number of rotatable bonds is 4. The van der Waals surface area contributed by atoms with Gasteiger partial charge in [0, 0.05) is 31.9 Å². The number of aryl methyl sites for hydroxylation is 1. The van der Waals surface area contributed by atoms with Gasteiger partial charge in [-0.3, -0.25) is 4.79 Å². The van der Waals surface area contributed by atoms with Gasteiger partial charge in [-0.05, 0) is 31.4 Å². The van der Waals surface area contributed by atoms with E-state index in [-0.39, 0.29) is 5.91 Å². The third-order valence-corrected chi connectivity index (χ3v) is 4.78. The summed E-state index contributed by atoms with van der Waals surface area (Å²) >= 11 is 1.45. The molecule has 0 aliphatic carbocycles. The van der Waals surface area contributed by atoms with Crippen LogP contribution in [0.25, 0.3) is 0 Å². The number of ether oxygens (including phenoxy) is 1. The van der Waals surface area contributed by atoms with E-state index in [1.165, 1.54) is 11.8 Å². The molecule has 0 N–H and O–H groups in total. The van der Waals surface area contributed by atoms with Crippen molar-refractivity contribution in [1.82, 2.24) is 14.9 Å². The van der Waals surface area contributed by atoms with Gasteiger partial charge in [0.25, 0.3) is 5.91 Å². The summed E-state index contributed by atoms with van der Waals surface area (Å²) in [5, 5.41) is 0.635. The normalized spacial score (nSPS) is 14.5. The van der Waals surface area contributed by atoms with Crippen LogP contribution in [0.2, 0.25) is 0 Å². The Labute approximate surface area is 152 Å². The summed E-state index contributed by atoms with van der Waals surface area (Å²) < 4.78 is 5.44. The Hall–Kier alpha value is -2.28. The Bertz CT molecular complexity index is 760. The minimum Gasteiger partial charge on any atom is -0.495 e. The molecule has 132 valence electrons. The summed E-state index contributed by atoms with van der Waals surface area (Å²) in [6, 6.07) is 9.73. The fraction of sp³-hybridized carbons (Fsp3) is 0.389. The highest BCUT2D eigenvalue weighted by Crippen LogP contribution is 2.28. The Morgan fingerprint density at radius 3 is 2.56 bits per heavy atom. The number of methoxy groups -OCH3 is 1. The molecule has 25 heavy (non-hydrogen) atoms. The van der Waals surface area contributed by atoms with E-state index in [1.807, 2.05) is 36.3 Å². The maximum atomic E-state index is 12.8. The maximum Gasteiger partial charge on any atom is 0.272 e. The van der Waals surface area contributed by atoms with Crippen molar-refractivity contribution in [2.45, 2.75) is 12.1 Å². The van der Waals surface area contributed by atoms with Crippen LogP contribution in [0.3, 0.4) is 0 Å². The average molecular weight is 358 g/mol. The first-order valence-corrected chi connectivity index (χ1v) is 9.41. The van der Waals surface area contributed by atoms with E-state index in [1.54, 1.807) is 13.2 Å². The lowest BCUT2D eigenvalue weighted by molar-refractivity contribution is 0.0739. The summed E-state index contributed by atoms with van der Waals surface area (Å²) in [5.74, 6) is 0.832. The number of carbonyl (C=O) groups is 1. The molecule has 0 radical (unpaired) electrons. The molecular formula is C18H22N4O2S. The van der Waals surface area contributed by atoms with E-state index in [0.29, 0.717) is 23.9 Å². The van der Waals surface area contributed by atoms with Crippen LogP contribution in [-0.2, 0) is 0 Å². The summed E-state index contributed by atoms with van der Waals surface area (Å²) in [6.45, 7) is 4.75. The molecule has 2 heterocycles. The second-order valence-corrected chi connectivity index (χ2v) is 6.61. The smallest absolute Gasteiger partial charge is 0.272 e. The van der Waals surface area contributed by atoms with Crippen molar-refractivity contribution in [3.63, 3.8) is 0 Å². The zero-order valence-corrected chi connectivity index (χ0v) is 15.5. The predicted octanol–water partition coefficient (Wildman–Crippen LogP) is 2.48. The standard InChI is InChI=1S/C18H22N4O2S/c1-13-12-14(20-18(19-13)25-3)17(23)22-10-8-21(9-11-22)15-6-4-5-7-16(15)24-2/h4-7,12H,8-11H2,1-3H3. The predicted molar refractivity (Wildman–Crippen MR) is 99.7 cm³/mol. The second-order valence-electron chi connectivity index (χ2n) is 5.83. The highest BCUT2D eigenvalue weighted by molar-refractivity contribution is 7.98. The Morgan fingerprint density at radius 1 is 1.16 bits per heavy atom. The molecule has 0 saturated carbocycles. The third kappa shape index (κ3) is 3.87. The SMILES string of the molecule is COc1ccccc1N1CCN(C(=O)c2cc(C)nc(SC)n2)CC1. The number of anilines is 1. The van der Waals surface area contributed by atoms with E-state index >= 15 is 0 Å². The van der Waals surface area contributed by atoms with Crippen LogP contribution in [-0.4, -0.2) is 60.3 Å². The van der Waals surface area contributed by atoms with Crippen LogP contribution in [0.4, 0.5) is 5.69 Å². The third-order valence-electron chi connectivity index (χ3n) is 4.23. The van der Waals surface area contributed by atoms with Gasteiger partial charge in [-0.25, -0.2) is 9.97 Å². The number of hydrogen-bond acceptors (Lipinski definition) is 6. The van der Waals surface area contributed by atoms with Gasteiger partial charge in [0.15, 0.2) is 5.16 Å². The lowest BCUT2D eigenvalue weighted by Crippen LogP contribution is -2.49. The zero-order valence-electron chi connectivity index (χ0n) is 14.7. The monoisotopic (exact) mass is 358 g/mol.